The molecule has 0 aromatic rings. The average molecular weight is 206 g/mol. The molecule has 0 fully saturated rings. The van der Waals surface area contributed by atoms with Crippen LogP contribution in [-0.4, -0.2) is 32.7 Å². The van der Waals surface area contributed by atoms with Gasteiger partial charge >= 0.3 is 47.0 Å². The van der Waals surface area contributed by atoms with Gasteiger partial charge in [-0.1, -0.05) is 0 Å². The molecule has 0 spiro atoms. The van der Waals surface area contributed by atoms with Crippen LogP contribution in [-0.2, 0) is 14.4 Å². The first-order valence-electron chi connectivity index (χ1n) is 1.57. The summed E-state index contributed by atoms with van der Waals surface area (Å²) in [6, 6.07) is 0. The first-order valence-corrected chi connectivity index (χ1v) is 6.52. The van der Waals surface area contributed by atoms with Gasteiger partial charge in [-0.05, 0) is 0 Å². The molecule has 0 N–H and O–H groups in total. The molecular formula is C3H3O3Sn. The van der Waals surface area contributed by atoms with Crippen LogP contribution in [0.25, 0.3) is 0 Å². The van der Waals surface area contributed by atoms with Crippen molar-refractivity contribution in [2.45, 2.75) is 0 Å². The molecule has 0 heterocycles. The molecule has 0 aromatic heterocycles. The maximum atomic E-state index is 9.59. The van der Waals surface area contributed by atoms with Crippen molar-refractivity contribution in [1.82, 2.24) is 0 Å². The van der Waals surface area contributed by atoms with Crippen LogP contribution in [0.3, 0.4) is 0 Å². The molecule has 0 unspecified atom stereocenters. The second kappa shape index (κ2) is 3.98. The number of rotatable bonds is 3. The quantitative estimate of drug-likeness (QED) is 0.430. The van der Waals surface area contributed by atoms with Crippen LogP contribution in [0.4, 0.5) is 0 Å². The van der Waals surface area contributed by atoms with E-state index in [0.717, 1.165) is 0 Å². The van der Waals surface area contributed by atoms with Gasteiger partial charge < -0.3 is 0 Å². The topological polar surface area (TPSA) is 51.2 Å². The van der Waals surface area contributed by atoms with Gasteiger partial charge in [-0.25, -0.2) is 0 Å². The summed E-state index contributed by atoms with van der Waals surface area (Å²) in [4.78, 5) is 28.8. The Morgan fingerprint density at radius 3 is 1.14 bits per heavy atom. The van der Waals surface area contributed by atoms with E-state index in [1.165, 1.54) is 0 Å². The van der Waals surface area contributed by atoms with E-state index < -0.39 is 19.8 Å². The van der Waals surface area contributed by atoms with Crippen molar-refractivity contribution in [1.29, 1.82) is 0 Å². The number of hydrogen-bond donors (Lipinski definition) is 0. The zero-order chi connectivity index (χ0) is 5.70. The summed E-state index contributed by atoms with van der Waals surface area (Å²) < 4.78 is 1.46. The van der Waals surface area contributed by atoms with Crippen LogP contribution < -0.4 is 0 Å². The molecule has 37 valence electrons. The standard InChI is InChI=1S/3CHO.Sn/c3*1-2;/h3*1H;. The molecule has 0 aliphatic heterocycles. The summed E-state index contributed by atoms with van der Waals surface area (Å²) in [6.07, 6.45) is 0. The second-order valence-corrected chi connectivity index (χ2v) is 5.73. The molecule has 0 rings (SSSR count). The van der Waals surface area contributed by atoms with E-state index in [-0.39, 0.29) is 0 Å². The van der Waals surface area contributed by atoms with Crippen LogP contribution in [0.5, 0.6) is 0 Å². The Hall–Kier alpha value is -0.191. The number of carbonyl (C=O) groups excluding carboxylic acids is 3. The Morgan fingerprint density at radius 1 is 0.857 bits per heavy atom. The first kappa shape index (κ1) is 6.81. The van der Waals surface area contributed by atoms with Crippen LogP contribution in [0, 0.1) is 0 Å². The van der Waals surface area contributed by atoms with Crippen molar-refractivity contribution in [3.05, 3.63) is 0 Å². The Morgan fingerprint density at radius 2 is 1.14 bits per heavy atom. The fourth-order valence-electron chi connectivity index (χ4n) is 0.0833. The SMILES string of the molecule is O=[CH][Sn]([CH]=O)[CH]=O. The average Bonchev–Trinajstić information content (AvgIpc) is 1.72. The fraction of sp³-hybridized carbons (Fsp3) is 0. The molecule has 0 aliphatic carbocycles. The number of carbonyl (C=O) groups is 3. The van der Waals surface area contributed by atoms with Gasteiger partial charge in [0.1, 0.15) is 0 Å². The Balaban J connectivity index is 3.57. The Bertz CT molecular complexity index is 71.2. The molecule has 0 aromatic carbocycles. The first-order chi connectivity index (χ1) is 3.35. The predicted octanol–water partition coefficient (Wildman–Crippen LogP) is -1.20. The van der Waals surface area contributed by atoms with E-state index in [4.69, 9.17) is 0 Å². The van der Waals surface area contributed by atoms with Gasteiger partial charge in [0.15, 0.2) is 0 Å². The third kappa shape index (κ3) is 2.50. The van der Waals surface area contributed by atoms with Crippen molar-refractivity contribution in [2.24, 2.45) is 0 Å². The van der Waals surface area contributed by atoms with E-state index in [1.54, 1.807) is 0 Å². The summed E-state index contributed by atoms with van der Waals surface area (Å²) in [6.45, 7) is 0. The van der Waals surface area contributed by atoms with E-state index in [1.807, 2.05) is 0 Å². The monoisotopic (exact) mass is 207 g/mol. The van der Waals surface area contributed by atoms with E-state index in [9.17, 15) is 14.4 Å². The molecule has 3 nitrogen and oxygen atoms in total. The molecule has 0 saturated carbocycles. The van der Waals surface area contributed by atoms with Crippen molar-refractivity contribution in [2.75, 3.05) is 0 Å². The van der Waals surface area contributed by atoms with Crippen LogP contribution in [0.2, 0.25) is 0 Å². The maximum absolute atomic E-state index is 9.59. The molecule has 0 atom stereocenters. The Labute approximate surface area is 47.4 Å². The Kier molecular flexibility index (Phi) is 3.87. The molecule has 0 aliphatic rings. The third-order valence-corrected chi connectivity index (χ3v) is 2.74. The van der Waals surface area contributed by atoms with Gasteiger partial charge in [0.05, 0.1) is 0 Å². The fourth-order valence-corrected chi connectivity index (χ4v) is 0.559. The summed E-state index contributed by atoms with van der Waals surface area (Å²) in [5.41, 5.74) is 0. The predicted molar refractivity (Wildman–Crippen MR) is 26.0 cm³/mol. The summed E-state index contributed by atoms with van der Waals surface area (Å²) >= 11 is -2.69. The zero-order valence-electron chi connectivity index (χ0n) is 3.46. The molecule has 0 amide bonds. The molecule has 1 radical (unpaired) electrons. The molecule has 4 heteroatoms. The van der Waals surface area contributed by atoms with Gasteiger partial charge in [-0.3, -0.25) is 0 Å². The summed E-state index contributed by atoms with van der Waals surface area (Å²) in [5, 5.41) is 0. The minimum absolute atomic E-state index is 0.488. The van der Waals surface area contributed by atoms with Gasteiger partial charge in [0.25, 0.3) is 0 Å². The third-order valence-electron chi connectivity index (χ3n) is 0.408. The van der Waals surface area contributed by atoms with Crippen molar-refractivity contribution in [3.8, 4) is 0 Å². The van der Waals surface area contributed by atoms with Gasteiger partial charge in [0.2, 0.25) is 0 Å². The van der Waals surface area contributed by atoms with Crippen LogP contribution in [0.1, 0.15) is 0 Å². The molecule has 0 saturated heterocycles. The van der Waals surface area contributed by atoms with Crippen molar-refractivity contribution in [3.63, 3.8) is 0 Å². The van der Waals surface area contributed by atoms with E-state index in [2.05, 4.69) is 0 Å². The van der Waals surface area contributed by atoms with E-state index in [0.29, 0.717) is 12.9 Å². The minimum atomic E-state index is -2.69. The van der Waals surface area contributed by atoms with Crippen molar-refractivity contribution < 1.29 is 14.4 Å². The molecular weight excluding hydrogens is 203 g/mol. The second-order valence-electron chi connectivity index (χ2n) is 0.854. The van der Waals surface area contributed by atoms with Crippen molar-refractivity contribution >= 4 is 32.7 Å². The summed E-state index contributed by atoms with van der Waals surface area (Å²) in [7, 11) is 0. The van der Waals surface area contributed by atoms with E-state index >= 15 is 0 Å². The zero-order valence-corrected chi connectivity index (χ0v) is 6.31. The normalized spacial score (nSPS) is 8.14. The summed E-state index contributed by atoms with van der Waals surface area (Å²) in [5.74, 6) is 0. The number of hydrogen-bond acceptors (Lipinski definition) is 3. The van der Waals surface area contributed by atoms with Crippen LogP contribution >= 0.6 is 0 Å². The van der Waals surface area contributed by atoms with Gasteiger partial charge in [-0.2, -0.15) is 0 Å². The van der Waals surface area contributed by atoms with Gasteiger partial charge in [0, 0.05) is 0 Å². The van der Waals surface area contributed by atoms with Gasteiger partial charge in [-0.15, -0.1) is 0 Å². The molecule has 7 heavy (non-hydrogen) atoms. The van der Waals surface area contributed by atoms with Crippen LogP contribution in [0.15, 0.2) is 0 Å². The molecule has 0 bridgehead atoms.